The Morgan fingerprint density at radius 1 is 1.00 bits per heavy atom. The Balaban J connectivity index is 1.49. The number of halogens is 2. The molecule has 8 heteroatoms. The first kappa shape index (κ1) is 18.6. The SMILES string of the molecule is O=C(c1ccncc1)N1CCCN(C(=O)c2cc3c(F)cc(Br)cc3[nH]2)CC1. The van der Waals surface area contributed by atoms with Crippen molar-refractivity contribution in [3.8, 4) is 0 Å². The molecule has 2 aromatic heterocycles. The fraction of sp³-hybridized carbons (Fsp3) is 0.250. The van der Waals surface area contributed by atoms with Crippen LogP contribution in [0.3, 0.4) is 0 Å². The molecule has 28 heavy (non-hydrogen) atoms. The summed E-state index contributed by atoms with van der Waals surface area (Å²) in [7, 11) is 0. The monoisotopic (exact) mass is 444 g/mol. The Labute approximate surface area is 169 Å². The molecule has 1 aliphatic heterocycles. The molecule has 0 spiro atoms. The largest absolute Gasteiger partial charge is 0.350 e. The highest BCUT2D eigenvalue weighted by molar-refractivity contribution is 9.10. The van der Waals surface area contributed by atoms with Gasteiger partial charge in [0.15, 0.2) is 0 Å². The van der Waals surface area contributed by atoms with Crippen LogP contribution in [-0.2, 0) is 0 Å². The van der Waals surface area contributed by atoms with Crippen LogP contribution in [0.1, 0.15) is 27.3 Å². The van der Waals surface area contributed by atoms with Crippen molar-refractivity contribution in [1.29, 1.82) is 0 Å². The zero-order chi connectivity index (χ0) is 19.7. The molecule has 1 N–H and O–H groups in total. The lowest BCUT2D eigenvalue weighted by atomic mass is 10.2. The third kappa shape index (κ3) is 3.64. The number of amides is 2. The number of fused-ring (bicyclic) bond motifs is 1. The minimum atomic E-state index is -0.385. The second-order valence-corrected chi connectivity index (χ2v) is 7.62. The Morgan fingerprint density at radius 2 is 1.68 bits per heavy atom. The summed E-state index contributed by atoms with van der Waals surface area (Å²) >= 11 is 3.26. The minimum absolute atomic E-state index is 0.0609. The fourth-order valence-electron chi connectivity index (χ4n) is 3.45. The molecule has 144 valence electrons. The number of nitrogens with zero attached hydrogens (tertiary/aromatic N) is 3. The Hall–Kier alpha value is -2.74. The summed E-state index contributed by atoms with van der Waals surface area (Å²) in [5, 5.41) is 0.385. The van der Waals surface area contributed by atoms with E-state index in [4.69, 9.17) is 0 Å². The van der Waals surface area contributed by atoms with E-state index in [0.29, 0.717) is 59.2 Å². The number of pyridine rings is 1. The molecule has 6 nitrogen and oxygen atoms in total. The summed E-state index contributed by atoms with van der Waals surface area (Å²) in [6, 6.07) is 8.04. The molecule has 3 heterocycles. The molecule has 1 fully saturated rings. The summed E-state index contributed by atoms with van der Waals surface area (Å²) in [6.07, 6.45) is 3.87. The molecule has 0 saturated carbocycles. The van der Waals surface area contributed by atoms with Gasteiger partial charge in [0.25, 0.3) is 11.8 Å². The number of nitrogens with one attached hydrogen (secondary N) is 1. The number of aromatic amines is 1. The number of carbonyl (C=O) groups is 2. The Kier molecular flexibility index (Phi) is 5.13. The number of benzene rings is 1. The summed E-state index contributed by atoms with van der Waals surface area (Å²) < 4.78 is 14.7. The van der Waals surface area contributed by atoms with Crippen LogP contribution in [0.4, 0.5) is 4.39 Å². The molecule has 0 aliphatic carbocycles. The quantitative estimate of drug-likeness (QED) is 0.657. The zero-order valence-electron chi connectivity index (χ0n) is 15.0. The van der Waals surface area contributed by atoms with Crippen LogP contribution >= 0.6 is 15.9 Å². The average Bonchev–Trinajstić information content (AvgIpc) is 2.97. The summed E-state index contributed by atoms with van der Waals surface area (Å²) in [6.45, 7) is 2.00. The molecular formula is C20H18BrFN4O2. The van der Waals surface area contributed by atoms with E-state index < -0.39 is 0 Å². The number of hydrogen-bond donors (Lipinski definition) is 1. The highest BCUT2D eigenvalue weighted by atomic mass is 79.9. The highest BCUT2D eigenvalue weighted by Gasteiger charge is 2.24. The lowest BCUT2D eigenvalue weighted by Crippen LogP contribution is -2.37. The van der Waals surface area contributed by atoms with Crippen molar-refractivity contribution in [2.45, 2.75) is 6.42 Å². The van der Waals surface area contributed by atoms with E-state index in [1.165, 1.54) is 6.07 Å². The first-order valence-electron chi connectivity index (χ1n) is 8.99. The Morgan fingerprint density at radius 3 is 2.39 bits per heavy atom. The lowest BCUT2D eigenvalue weighted by molar-refractivity contribution is 0.0716. The van der Waals surface area contributed by atoms with Gasteiger partial charge in [-0.25, -0.2) is 4.39 Å². The maximum atomic E-state index is 14.1. The molecule has 0 atom stereocenters. The maximum absolute atomic E-state index is 14.1. The first-order chi connectivity index (χ1) is 13.5. The van der Waals surface area contributed by atoms with E-state index in [0.717, 1.165) is 0 Å². The topological polar surface area (TPSA) is 69.3 Å². The predicted molar refractivity (Wildman–Crippen MR) is 107 cm³/mol. The fourth-order valence-corrected chi connectivity index (χ4v) is 3.88. The predicted octanol–water partition coefficient (Wildman–Crippen LogP) is 3.45. The van der Waals surface area contributed by atoms with E-state index in [-0.39, 0.29) is 17.6 Å². The van der Waals surface area contributed by atoms with Gasteiger partial charge < -0.3 is 14.8 Å². The van der Waals surface area contributed by atoms with Crippen LogP contribution in [0, 0.1) is 5.82 Å². The van der Waals surface area contributed by atoms with Crippen LogP contribution in [0.15, 0.2) is 47.2 Å². The third-order valence-corrected chi connectivity index (χ3v) is 5.34. The minimum Gasteiger partial charge on any atom is -0.350 e. The summed E-state index contributed by atoms with van der Waals surface area (Å²) in [5.41, 5.74) is 1.51. The Bertz CT molecular complexity index is 1040. The molecule has 1 aliphatic rings. The lowest BCUT2D eigenvalue weighted by Gasteiger charge is -2.22. The van der Waals surface area contributed by atoms with Crippen molar-refractivity contribution in [3.63, 3.8) is 0 Å². The second kappa shape index (κ2) is 7.71. The van der Waals surface area contributed by atoms with Crippen LogP contribution in [0.25, 0.3) is 10.9 Å². The molecule has 1 saturated heterocycles. The molecule has 0 bridgehead atoms. The van der Waals surface area contributed by atoms with E-state index in [2.05, 4.69) is 25.9 Å². The van der Waals surface area contributed by atoms with Gasteiger partial charge in [-0.15, -0.1) is 0 Å². The molecule has 2 amide bonds. The van der Waals surface area contributed by atoms with Gasteiger partial charge in [-0.05, 0) is 36.8 Å². The molecular weight excluding hydrogens is 427 g/mol. The van der Waals surface area contributed by atoms with E-state index in [9.17, 15) is 14.0 Å². The molecule has 0 radical (unpaired) electrons. The van der Waals surface area contributed by atoms with Crippen molar-refractivity contribution in [2.75, 3.05) is 26.2 Å². The zero-order valence-corrected chi connectivity index (χ0v) is 16.6. The highest BCUT2D eigenvalue weighted by Crippen LogP contribution is 2.24. The number of H-pyrrole nitrogens is 1. The number of carbonyl (C=O) groups excluding carboxylic acids is 2. The van der Waals surface area contributed by atoms with Crippen molar-refractivity contribution in [3.05, 3.63) is 64.3 Å². The smallest absolute Gasteiger partial charge is 0.270 e. The van der Waals surface area contributed by atoms with E-state index >= 15 is 0 Å². The molecule has 1 aromatic carbocycles. The normalized spacial score (nSPS) is 14.9. The average molecular weight is 445 g/mol. The van der Waals surface area contributed by atoms with Crippen LogP contribution in [0.5, 0.6) is 0 Å². The van der Waals surface area contributed by atoms with Gasteiger partial charge >= 0.3 is 0 Å². The second-order valence-electron chi connectivity index (χ2n) is 6.71. The van der Waals surface area contributed by atoms with Crippen molar-refractivity contribution in [1.82, 2.24) is 19.8 Å². The van der Waals surface area contributed by atoms with Gasteiger partial charge in [-0.3, -0.25) is 14.6 Å². The van der Waals surface area contributed by atoms with Crippen LogP contribution in [-0.4, -0.2) is 57.8 Å². The van der Waals surface area contributed by atoms with Crippen molar-refractivity contribution >= 4 is 38.6 Å². The van der Waals surface area contributed by atoms with Gasteiger partial charge in [0.2, 0.25) is 0 Å². The van der Waals surface area contributed by atoms with Crippen molar-refractivity contribution < 1.29 is 14.0 Å². The van der Waals surface area contributed by atoms with Gasteiger partial charge in [-0.2, -0.15) is 0 Å². The number of rotatable bonds is 2. The summed E-state index contributed by atoms with van der Waals surface area (Å²) in [5.74, 6) is -0.635. The molecule has 0 unspecified atom stereocenters. The molecule has 4 rings (SSSR count). The number of hydrogen-bond acceptors (Lipinski definition) is 3. The summed E-state index contributed by atoms with van der Waals surface area (Å²) in [4.78, 5) is 35.9. The van der Waals surface area contributed by atoms with E-state index in [1.807, 2.05) is 0 Å². The molecule has 3 aromatic rings. The van der Waals surface area contributed by atoms with Crippen molar-refractivity contribution in [2.24, 2.45) is 0 Å². The van der Waals surface area contributed by atoms with Crippen LogP contribution in [0.2, 0.25) is 0 Å². The van der Waals surface area contributed by atoms with Gasteiger partial charge in [0.1, 0.15) is 11.5 Å². The third-order valence-electron chi connectivity index (χ3n) is 4.88. The van der Waals surface area contributed by atoms with Crippen LogP contribution < -0.4 is 0 Å². The van der Waals surface area contributed by atoms with Gasteiger partial charge in [0, 0.05) is 54.0 Å². The first-order valence-corrected chi connectivity index (χ1v) is 9.78. The van der Waals surface area contributed by atoms with E-state index in [1.54, 1.807) is 46.5 Å². The maximum Gasteiger partial charge on any atom is 0.270 e. The number of aromatic nitrogens is 2. The van der Waals surface area contributed by atoms with Gasteiger partial charge in [-0.1, -0.05) is 15.9 Å². The standard InChI is InChI=1S/C20H18BrFN4O2/c21-14-10-16(22)15-12-18(24-17(15)11-14)20(28)26-7-1-6-25(8-9-26)19(27)13-2-4-23-5-3-13/h2-5,10-12,24H,1,6-9H2. The van der Waals surface area contributed by atoms with Gasteiger partial charge in [0.05, 0.1) is 5.52 Å².